The summed E-state index contributed by atoms with van der Waals surface area (Å²) in [5.74, 6) is 1.78. The SMILES string of the molecule is COc1cc2c(c(O[Si](C)(C)C(C)(C)C)c1)C(=O)CC(c1ccccc1)O2. The van der Waals surface area contributed by atoms with Crippen molar-refractivity contribution in [1.82, 2.24) is 0 Å². The van der Waals surface area contributed by atoms with Gasteiger partial charge in [0.15, 0.2) is 5.78 Å². The minimum Gasteiger partial charge on any atom is -0.543 e. The number of rotatable bonds is 4. The Bertz CT molecular complexity index is 837. The molecule has 0 saturated carbocycles. The summed E-state index contributed by atoms with van der Waals surface area (Å²) in [4.78, 5) is 13.0. The highest BCUT2D eigenvalue weighted by Gasteiger charge is 2.41. The minimum absolute atomic E-state index is 0.0219. The fourth-order valence-electron chi connectivity index (χ4n) is 2.88. The van der Waals surface area contributed by atoms with E-state index in [0.717, 1.165) is 5.56 Å². The van der Waals surface area contributed by atoms with Gasteiger partial charge in [-0.05, 0) is 23.7 Å². The number of carbonyl (C=O) groups excluding carboxylic acids is 1. The summed E-state index contributed by atoms with van der Waals surface area (Å²) in [6.45, 7) is 10.9. The maximum Gasteiger partial charge on any atom is 0.250 e. The molecule has 0 N–H and O–H groups in total. The van der Waals surface area contributed by atoms with Crippen LogP contribution in [0.1, 0.15) is 49.2 Å². The van der Waals surface area contributed by atoms with Gasteiger partial charge >= 0.3 is 0 Å². The third-order valence-electron chi connectivity index (χ3n) is 5.54. The third-order valence-corrected chi connectivity index (χ3v) is 9.88. The highest BCUT2D eigenvalue weighted by Crippen LogP contribution is 2.45. The zero-order valence-corrected chi connectivity index (χ0v) is 18.0. The predicted octanol–water partition coefficient (Wildman–Crippen LogP) is 5.79. The lowest BCUT2D eigenvalue weighted by molar-refractivity contribution is 0.0846. The first kappa shape index (κ1) is 19.5. The first-order valence-corrected chi connectivity index (χ1v) is 12.2. The molecule has 1 atom stereocenters. The quantitative estimate of drug-likeness (QED) is 0.626. The van der Waals surface area contributed by atoms with Gasteiger partial charge in [-0.15, -0.1) is 0 Å². The van der Waals surface area contributed by atoms with E-state index in [1.807, 2.05) is 36.4 Å². The van der Waals surface area contributed by atoms with Gasteiger partial charge in [-0.25, -0.2) is 0 Å². The number of Topliss-reactive ketones (excluding diaryl/α,β-unsaturated/α-hetero) is 1. The molecule has 0 radical (unpaired) electrons. The summed E-state index contributed by atoms with van der Waals surface area (Å²) in [6, 6.07) is 13.4. The summed E-state index contributed by atoms with van der Waals surface area (Å²) in [5.41, 5.74) is 1.53. The summed E-state index contributed by atoms with van der Waals surface area (Å²) >= 11 is 0. The van der Waals surface area contributed by atoms with E-state index in [2.05, 4.69) is 33.9 Å². The van der Waals surface area contributed by atoms with Crippen LogP contribution in [-0.4, -0.2) is 21.2 Å². The van der Waals surface area contributed by atoms with Crippen molar-refractivity contribution in [3.63, 3.8) is 0 Å². The van der Waals surface area contributed by atoms with Gasteiger partial charge in [0.25, 0.3) is 8.32 Å². The molecular formula is C22H28O4Si. The van der Waals surface area contributed by atoms with E-state index in [0.29, 0.717) is 29.2 Å². The van der Waals surface area contributed by atoms with E-state index in [1.54, 1.807) is 13.2 Å². The van der Waals surface area contributed by atoms with Crippen molar-refractivity contribution in [2.24, 2.45) is 0 Å². The molecule has 0 bridgehead atoms. The Kier molecular flexibility index (Phi) is 5.08. The maximum atomic E-state index is 13.0. The second-order valence-corrected chi connectivity index (χ2v) is 13.2. The van der Waals surface area contributed by atoms with Crippen molar-refractivity contribution in [3.05, 3.63) is 53.6 Å². The molecular weight excluding hydrogens is 356 g/mol. The molecule has 144 valence electrons. The Morgan fingerprint density at radius 2 is 1.78 bits per heavy atom. The third kappa shape index (κ3) is 3.88. The van der Waals surface area contributed by atoms with Gasteiger partial charge in [-0.2, -0.15) is 0 Å². The molecule has 2 aromatic rings. The topological polar surface area (TPSA) is 44.8 Å². The molecule has 0 amide bonds. The highest BCUT2D eigenvalue weighted by molar-refractivity contribution is 6.74. The Labute approximate surface area is 162 Å². The molecule has 1 aliphatic heterocycles. The van der Waals surface area contributed by atoms with Gasteiger partial charge in [0.05, 0.1) is 13.5 Å². The van der Waals surface area contributed by atoms with E-state index < -0.39 is 8.32 Å². The van der Waals surface area contributed by atoms with E-state index in [9.17, 15) is 4.79 Å². The number of hydrogen-bond donors (Lipinski definition) is 0. The van der Waals surface area contributed by atoms with Crippen LogP contribution in [0.2, 0.25) is 18.1 Å². The summed E-state index contributed by atoms with van der Waals surface area (Å²) < 4.78 is 18.1. The molecule has 0 aliphatic carbocycles. The maximum absolute atomic E-state index is 13.0. The summed E-state index contributed by atoms with van der Waals surface area (Å²) in [6.07, 6.45) is 0.0102. The number of fused-ring (bicyclic) bond motifs is 1. The van der Waals surface area contributed by atoms with Crippen LogP contribution in [0.4, 0.5) is 0 Å². The lowest BCUT2D eigenvalue weighted by Crippen LogP contribution is -2.44. The minimum atomic E-state index is -2.11. The highest BCUT2D eigenvalue weighted by atomic mass is 28.4. The molecule has 5 heteroatoms. The van der Waals surface area contributed by atoms with Crippen LogP contribution in [0.25, 0.3) is 0 Å². The largest absolute Gasteiger partial charge is 0.543 e. The number of methoxy groups -OCH3 is 1. The molecule has 0 aromatic heterocycles. The summed E-state index contributed by atoms with van der Waals surface area (Å²) in [5, 5.41) is 0.0219. The average molecular weight is 385 g/mol. The van der Waals surface area contributed by atoms with Crippen LogP contribution >= 0.6 is 0 Å². The van der Waals surface area contributed by atoms with Crippen molar-refractivity contribution >= 4 is 14.1 Å². The molecule has 0 spiro atoms. The van der Waals surface area contributed by atoms with Crippen molar-refractivity contribution in [2.45, 2.75) is 51.4 Å². The van der Waals surface area contributed by atoms with Crippen LogP contribution in [0.5, 0.6) is 17.2 Å². The van der Waals surface area contributed by atoms with Crippen molar-refractivity contribution < 1.29 is 18.7 Å². The lowest BCUT2D eigenvalue weighted by atomic mass is 9.95. The van der Waals surface area contributed by atoms with Crippen molar-refractivity contribution in [2.75, 3.05) is 7.11 Å². The van der Waals surface area contributed by atoms with Crippen molar-refractivity contribution in [1.29, 1.82) is 0 Å². The first-order valence-electron chi connectivity index (χ1n) is 9.28. The smallest absolute Gasteiger partial charge is 0.250 e. The molecule has 3 rings (SSSR count). The van der Waals surface area contributed by atoms with Gasteiger partial charge in [0.2, 0.25) is 0 Å². The van der Waals surface area contributed by atoms with Crippen LogP contribution in [0.3, 0.4) is 0 Å². The van der Waals surface area contributed by atoms with E-state index in [4.69, 9.17) is 13.9 Å². The Morgan fingerprint density at radius 1 is 1.11 bits per heavy atom. The molecule has 1 unspecified atom stereocenters. The fourth-order valence-corrected chi connectivity index (χ4v) is 3.90. The normalized spacial score (nSPS) is 17.1. The number of hydrogen-bond acceptors (Lipinski definition) is 4. The summed E-state index contributed by atoms with van der Waals surface area (Å²) in [7, 11) is -0.506. The first-order chi connectivity index (χ1) is 12.6. The van der Waals surface area contributed by atoms with E-state index in [-0.39, 0.29) is 16.9 Å². The average Bonchev–Trinajstić information content (AvgIpc) is 2.60. The fraction of sp³-hybridized carbons (Fsp3) is 0.409. The van der Waals surface area contributed by atoms with Gasteiger partial charge in [-0.3, -0.25) is 4.79 Å². The van der Waals surface area contributed by atoms with Crippen LogP contribution in [0.15, 0.2) is 42.5 Å². The standard InChI is InChI=1S/C22H28O4Si/c1-22(2,3)27(5,6)26-20-13-16(24-4)12-19-21(20)17(23)14-18(25-19)15-10-8-7-9-11-15/h7-13,18H,14H2,1-6H3. The zero-order chi connectivity index (χ0) is 19.8. The van der Waals surface area contributed by atoms with Gasteiger partial charge in [0, 0.05) is 12.1 Å². The predicted molar refractivity (Wildman–Crippen MR) is 110 cm³/mol. The van der Waals surface area contributed by atoms with Crippen LogP contribution in [-0.2, 0) is 0 Å². The monoisotopic (exact) mass is 384 g/mol. The Morgan fingerprint density at radius 3 is 2.37 bits per heavy atom. The van der Waals surface area contributed by atoms with Crippen LogP contribution < -0.4 is 13.9 Å². The molecule has 1 heterocycles. The number of benzene rings is 2. The van der Waals surface area contributed by atoms with E-state index >= 15 is 0 Å². The number of ketones is 1. The molecule has 1 aliphatic rings. The second-order valence-electron chi connectivity index (χ2n) is 8.51. The van der Waals surface area contributed by atoms with Crippen LogP contribution in [0, 0.1) is 0 Å². The Balaban J connectivity index is 2.03. The van der Waals surface area contributed by atoms with Gasteiger partial charge < -0.3 is 13.9 Å². The lowest BCUT2D eigenvalue weighted by Gasteiger charge is -2.38. The van der Waals surface area contributed by atoms with Crippen molar-refractivity contribution in [3.8, 4) is 17.2 Å². The molecule has 0 fully saturated rings. The molecule has 2 aromatic carbocycles. The van der Waals surface area contributed by atoms with Gasteiger partial charge in [0.1, 0.15) is 28.9 Å². The molecule has 0 saturated heterocycles. The molecule has 27 heavy (non-hydrogen) atoms. The number of carbonyl (C=O) groups is 1. The Hall–Kier alpha value is -2.27. The zero-order valence-electron chi connectivity index (χ0n) is 17.0. The molecule has 4 nitrogen and oxygen atoms in total. The number of ether oxygens (including phenoxy) is 2. The second kappa shape index (κ2) is 7.04. The van der Waals surface area contributed by atoms with E-state index in [1.165, 1.54) is 0 Å². The van der Waals surface area contributed by atoms with Gasteiger partial charge in [-0.1, -0.05) is 51.1 Å².